The number of carbonyl (C=O) groups is 1. The number of aliphatic hydroxyl groups excluding tert-OH is 1. The summed E-state index contributed by atoms with van der Waals surface area (Å²) in [5, 5.41) is 9.71. The molecule has 1 aliphatic rings. The van der Waals surface area contributed by atoms with Crippen LogP contribution in [0.2, 0.25) is 0 Å². The van der Waals surface area contributed by atoms with Crippen molar-refractivity contribution in [2.75, 3.05) is 0 Å². The third kappa shape index (κ3) is 2.29. The second-order valence-electron chi connectivity index (χ2n) is 3.98. The fourth-order valence-electron chi connectivity index (χ4n) is 2.04. The van der Waals surface area contributed by atoms with Crippen LogP contribution >= 0.6 is 15.9 Å². The van der Waals surface area contributed by atoms with Gasteiger partial charge in [-0.15, -0.1) is 0 Å². The van der Waals surface area contributed by atoms with Gasteiger partial charge in [-0.1, -0.05) is 46.3 Å². The van der Waals surface area contributed by atoms with Crippen LogP contribution in [0.25, 0.3) is 0 Å². The van der Waals surface area contributed by atoms with E-state index in [1.165, 1.54) is 0 Å². The van der Waals surface area contributed by atoms with E-state index in [0.717, 1.165) is 5.56 Å². The van der Waals surface area contributed by atoms with Gasteiger partial charge in [-0.25, -0.2) is 0 Å². The highest BCUT2D eigenvalue weighted by Crippen LogP contribution is 2.33. The summed E-state index contributed by atoms with van der Waals surface area (Å²) in [5.74, 6) is 0.269. The van der Waals surface area contributed by atoms with Crippen LogP contribution in [-0.2, 0) is 4.79 Å². The van der Waals surface area contributed by atoms with Gasteiger partial charge >= 0.3 is 0 Å². The summed E-state index contributed by atoms with van der Waals surface area (Å²) in [7, 11) is 0. The number of alkyl halides is 1. The van der Waals surface area contributed by atoms with Crippen LogP contribution in [-0.4, -0.2) is 21.8 Å². The summed E-state index contributed by atoms with van der Waals surface area (Å²) < 4.78 is 0. The standard InChI is InChI=1S/C12H13BrO2/c13-12-10(14)6-9(7-11(12)15)8-4-2-1-3-5-8/h1-5,9-10,12,14H,6-7H2/t9?,10-,12?/m0/s1. The van der Waals surface area contributed by atoms with E-state index < -0.39 is 6.10 Å². The molecule has 0 heterocycles. The lowest BCUT2D eigenvalue weighted by atomic mass is 9.82. The van der Waals surface area contributed by atoms with E-state index in [-0.39, 0.29) is 16.5 Å². The highest BCUT2D eigenvalue weighted by atomic mass is 79.9. The molecule has 0 radical (unpaired) electrons. The molecule has 0 spiro atoms. The van der Waals surface area contributed by atoms with Gasteiger partial charge in [0.15, 0.2) is 0 Å². The SMILES string of the molecule is O=C1CC(c2ccccc2)C[C@H](O)C1Br. The van der Waals surface area contributed by atoms with Gasteiger partial charge < -0.3 is 5.11 Å². The minimum absolute atomic E-state index is 0.0996. The molecule has 2 nitrogen and oxygen atoms in total. The topological polar surface area (TPSA) is 37.3 Å². The summed E-state index contributed by atoms with van der Waals surface area (Å²) in [4.78, 5) is 11.2. The third-order valence-corrected chi connectivity index (χ3v) is 4.01. The number of aliphatic hydroxyl groups is 1. The highest BCUT2D eigenvalue weighted by molar-refractivity contribution is 9.10. The lowest BCUT2D eigenvalue weighted by Gasteiger charge is -2.29. The lowest BCUT2D eigenvalue weighted by Crippen LogP contribution is -2.36. The molecule has 2 rings (SSSR count). The molecule has 3 atom stereocenters. The fraction of sp³-hybridized carbons (Fsp3) is 0.417. The van der Waals surface area contributed by atoms with Crippen LogP contribution in [0.4, 0.5) is 0 Å². The molecular weight excluding hydrogens is 256 g/mol. The number of ketones is 1. The minimum Gasteiger partial charge on any atom is -0.391 e. The molecule has 1 fully saturated rings. The van der Waals surface area contributed by atoms with E-state index in [9.17, 15) is 9.90 Å². The second kappa shape index (κ2) is 4.45. The Bertz CT molecular complexity index is 350. The van der Waals surface area contributed by atoms with E-state index in [2.05, 4.69) is 15.9 Å². The van der Waals surface area contributed by atoms with Gasteiger partial charge in [-0.05, 0) is 17.9 Å². The van der Waals surface area contributed by atoms with E-state index in [4.69, 9.17) is 0 Å². The van der Waals surface area contributed by atoms with E-state index in [1.54, 1.807) is 0 Å². The summed E-state index contributed by atoms with van der Waals surface area (Å²) in [6.45, 7) is 0. The molecule has 1 N–H and O–H groups in total. The van der Waals surface area contributed by atoms with Gasteiger partial charge in [0.05, 0.1) is 10.9 Å². The number of halogens is 1. The van der Waals surface area contributed by atoms with Gasteiger partial charge in [0.25, 0.3) is 0 Å². The summed E-state index contributed by atoms with van der Waals surface area (Å²) in [6, 6.07) is 9.91. The van der Waals surface area contributed by atoms with Crippen molar-refractivity contribution < 1.29 is 9.90 Å². The van der Waals surface area contributed by atoms with Crippen molar-refractivity contribution in [3.05, 3.63) is 35.9 Å². The van der Waals surface area contributed by atoms with E-state index in [1.807, 2.05) is 30.3 Å². The second-order valence-corrected chi connectivity index (χ2v) is 4.97. The normalized spacial score (nSPS) is 31.6. The number of carbonyl (C=O) groups excluding carboxylic acids is 1. The quantitative estimate of drug-likeness (QED) is 0.794. The fourth-order valence-corrected chi connectivity index (χ4v) is 2.45. The van der Waals surface area contributed by atoms with Crippen molar-refractivity contribution in [2.24, 2.45) is 0 Å². The maximum absolute atomic E-state index is 11.6. The summed E-state index contributed by atoms with van der Waals surface area (Å²) in [5.41, 5.74) is 1.14. The van der Waals surface area contributed by atoms with Crippen molar-refractivity contribution >= 4 is 21.7 Å². The lowest BCUT2D eigenvalue weighted by molar-refractivity contribution is -0.122. The highest BCUT2D eigenvalue weighted by Gasteiger charge is 2.34. The predicted octanol–water partition coefficient (Wildman–Crippen LogP) is 2.26. The van der Waals surface area contributed by atoms with Crippen molar-refractivity contribution in [1.82, 2.24) is 0 Å². The van der Waals surface area contributed by atoms with Crippen LogP contribution < -0.4 is 0 Å². The maximum atomic E-state index is 11.6. The van der Waals surface area contributed by atoms with Crippen molar-refractivity contribution in [3.63, 3.8) is 0 Å². The molecule has 0 bridgehead atoms. The molecule has 1 aromatic rings. The molecule has 0 amide bonds. The van der Waals surface area contributed by atoms with Crippen LogP contribution in [0.15, 0.2) is 30.3 Å². The number of hydrogen-bond donors (Lipinski definition) is 1. The Morgan fingerprint density at radius 2 is 1.93 bits per heavy atom. The molecular formula is C12H13BrO2. The Morgan fingerprint density at radius 1 is 1.27 bits per heavy atom. The van der Waals surface area contributed by atoms with Gasteiger partial charge in [0.2, 0.25) is 0 Å². The average molecular weight is 269 g/mol. The summed E-state index contributed by atoms with van der Waals surface area (Å²) in [6.07, 6.45) is 0.624. The molecule has 80 valence electrons. The zero-order chi connectivity index (χ0) is 10.8. The largest absolute Gasteiger partial charge is 0.391 e. The maximum Gasteiger partial charge on any atom is 0.149 e. The first-order valence-electron chi connectivity index (χ1n) is 5.08. The van der Waals surface area contributed by atoms with Crippen LogP contribution in [0.1, 0.15) is 24.3 Å². The Morgan fingerprint density at radius 3 is 2.53 bits per heavy atom. The molecule has 2 unspecified atom stereocenters. The first-order chi connectivity index (χ1) is 7.18. The van der Waals surface area contributed by atoms with Crippen LogP contribution in [0, 0.1) is 0 Å². The Balaban J connectivity index is 2.16. The van der Waals surface area contributed by atoms with E-state index in [0.29, 0.717) is 12.8 Å². The van der Waals surface area contributed by atoms with Crippen molar-refractivity contribution in [3.8, 4) is 0 Å². The Kier molecular flexibility index (Phi) is 3.22. The number of rotatable bonds is 1. The van der Waals surface area contributed by atoms with Gasteiger partial charge in [-0.3, -0.25) is 4.79 Å². The zero-order valence-electron chi connectivity index (χ0n) is 8.27. The molecule has 0 saturated heterocycles. The molecule has 15 heavy (non-hydrogen) atoms. The van der Waals surface area contributed by atoms with Crippen molar-refractivity contribution in [2.45, 2.75) is 29.7 Å². The smallest absolute Gasteiger partial charge is 0.149 e. The minimum atomic E-state index is -0.559. The molecule has 1 aromatic carbocycles. The Labute approximate surface area is 97.4 Å². The molecule has 1 aliphatic carbocycles. The predicted molar refractivity (Wildman–Crippen MR) is 62.1 cm³/mol. The van der Waals surface area contributed by atoms with Crippen LogP contribution in [0.5, 0.6) is 0 Å². The molecule has 0 aliphatic heterocycles. The van der Waals surface area contributed by atoms with Gasteiger partial charge in [0.1, 0.15) is 5.78 Å². The summed E-state index contributed by atoms with van der Waals surface area (Å²) >= 11 is 3.22. The Hall–Kier alpha value is -0.670. The zero-order valence-corrected chi connectivity index (χ0v) is 9.85. The number of Topliss-reactive ketones (excluding diaryl/α,β-unsaturated/α-hetero) is 1. The number of hydrogen-bond acceptors (Lipinski definition) is 2. The first-order valence-corrected chi connectivity index (χ1v) is 6.00. The van der Waals surface area contributed by atoms with Crippen LogP contribution in [0.3, 0.4) is 0 Å². The number of benzene rings is 1. The molecule has 3 heteroatoms. The van der Waals surface area contributed by atoms with Gasteiger partial charge in [0, 0.05) is 6.42 Å². The first kappa shape index (κ1) is 10.8. The molecule has 1 saturated carbocycles. The monoisotopic (exact) mass is 268 g/mol. The van der Waals surface area contributed by atoms with E-state index >= 15 is 0 Å². The van der Waals surface area contributed by atoms with Gasteiger partial charge in [-0.2, -0.15) is 0 Å². The molecule has 0 aromatic heterocycles. The third-order valence-electron chi connectivity index (χ3n) is 2.89. The van der Waals surface area contributed by atoms with Crippen molar-refractivity contribution in [1.29, 1.82) is 0 Å². The average Bonchev–Trinajstić information content (AvgIpc) is 2.26.